The van der Waals surface area contributed by atoms with Gasteiger partial charge in [0.25, 0.3) is 5.91 Å². The molecule has 0 aliphatic carbocycles. The number of hydrogen-bond donors (Lipinski definition) is 2. The number of anilines is 1. The van der Waals surface area contributed by atoms with E-state index in [9.17, 15) is 9.59 Å². The van der Waals surface area contributed by atoms with Gasteiger partial charge in [0, 0.05) is 30.1 Å². The molecule has 1 saturated heterocycles. The highest BCUT2D eigenvalue weighted by Crippen LogP contribution is 2.34. The smallest absolute Gasteiger partial charge is 0.258 e. The largest absolute Gasteiger partial charge is 0.484 e. The van der Waals surface area contributed by atoms with Crippen LogP contribution in [0.2, 0.25) is 5.02 Å². The third-order valence-corrected chi connectivity index (χ3v) is 6.92. The van der Waals surface area contributed by atoms with Crippen LogP contribution in [-0.2, 0) is 11.3 Å². The summed E-state index contributed by atoms with van der Waals surface area (Å²) in [5.41, 5.74) is 2.21. The Labute approximate surface area is 212 Å². The van der Waals surface area contributed by atoms with Crippen molar-refractivity contribution in [2.24, 2.45) is 5.92 Å². The van der Waals surface area contributed by atoms with Gasteiger partial charge in [-0.3, -0.25) is 14.5 Å². The normalized spacial score (nSPS) is 18.9. The van der Waals surface area contributed by atoms with Crippen LogP contribution in [0.4, 0.5) is 5.69 Å². The van der Waals surface area contributed by atoms with Gasteiger partial charge in [-0.2, -0.15) is 0 Å². The van der Waals surface area contributed by atoms with Crippen LogP contribution in [0.15, 0.2) is 42.5 Å². The van der Waals surface area contributed by atoms with E-state index in [1.165, 1.54) is 0 Å². The standard InChI is InChI=1S/C27H35ClN4O3/c1-18(2)32-17-22(16-31(3)15-19-7-9-21(28)10-8-19)35-25-23(27(32)34)5-4-6-24(25)30-26(33)20-11-13-29-14-12-20/h4-10,18,20,22,29H,11-17H2,1-3H3,(H,30,33). The molecule has 2 aromatic carbocycles. The summed E-state index contributed by atoms with van der Waals surface area (Å²) in [7, 11) is 2.04. The van der Waals surface area contributed by atoms with Crippen molar-refractivity contribution in [3.05, 3.63) is 58.6 Å². The van der Waals surface area contributed by atoms with Crippen LogP contribution in [0.25, 0.3) is 0 Å². The molecule has 2 amide bonds. The molecule has 2 N–H and O–H groups in total. The lowest BCUT2D eigenvalue weighted by molar-refractivity contribution is -0.120. The van der Waals surface area contributed by atoms with E-state index < -0.39 is 0 Å². The number of halogens is 1. The summed E-state index contributed by atoms with van der Waals surface area (Å²) >= 11 is 6.03. The van der Waals surface area contributed by atoms with E-state index in [1.807, 2.05) is 62.2 Å². The highest BCUT2D eigenvalue weighted by Gasteiger charge is 2.33. The van der Waals surface area contributed by atoms with Gasteiger partial charge in [-0.25, -0.2) is 0 Å². The number of nitrogens with one attached hydrogen (secondary N) is 2. The molecule has 4 rings (SSSR count). The third kappa shape index (κ3) is 6.34. The molecule has 0 aromatic heterocycles. The molecule has 2 aliphatic rings. The minimum absolute atomic E-state index is 0.0164. The zero-order valence-corrected chi connectivity index (χ0v) is 21.5. The first-order valence-electron chi connectivity index (χ1n) is 12.4. The van der Waals surface area contributed by atoms with Gasteiger partial charge in [0.1, 0.15) is 6.10 Å². The van der Waals surface area contributed by atoms with Crippen LogP contribution in [-0.4, -0.2) is 67.0 Å². The van der Waals surface area contributed by atoms with Crippen molar-refractivity contribution >= 4 is 29.1 Å². The minimum atomic E-state index is -0.253. The van der Waals surface area contributed by atoms with Crippen molar-refractivity contribution < 1.29 is 14.3 Å². The molecule has 2 aromatic rings. The number of fused-ring (bicyclic) bond motifs is 1. The van der Waals surface area contributed by atoms with E-state index >= 15 is 0 Å². The summed E-state index contributed by atoms with van der Waals surface area (Å²) in [5, 5.41) is 7.07. The number of ether oxygens (including phenoxy) is 1. The number of nitrogens with zero attached hydrogens (tertiary/aromatic N) is 2. The summed E-state index contributed by atoms with van der Waals surface area (Å²) in [5.74, 6) is 0.336. The second kappa shape index (κ2) is 11.4. The molecule has 35 heavy (non-hydrogen) atoms. The first-order valence-corrected chi connectivity index (χ1v) is 12.7. The number of rotatable bonds is 7. The van der Waals surface area contributed by atoms with E-state index in [-0.39, 0.29) is 29.9 Å². The molecule has 0 bridgehead atoms. The summed E-state index contributed by atoms with van der Waals surface area (Å²) in [6.07, 6.45) is 1.36. The van der Waals surface area contributed by atoms with Crippen molar-refractivity contribution in [3.8, 4) is 5.75 Å². The number of piperidine rings is 1. The first-order chi connectivity index (χ1) is 16.8. The Balaban J connectivity index is 1.55. The van der Waals surface area contributed by atoms with E-state index in [0.29, 0.717) is 35.1 Å². The van der Waals surface area contributed by atoms with E-state index in [0.717, 1.165) is 38.0 Å². The first kappa shape index (κ1) is 25.5. The fourth-order valence-corrected chi connectivity index (χ4v) is 4.89. The molecule has 1 fully saturated rings. The lowest BCUT2D eigenvalue weighted by Gasteiger charge is -2.30. The predicted molar refractivity (Wildman–Crippen MR) is 139 cm³/mol. The Morgan fingerprint density at radius 2 is 1.91 bits per heavy atom. The molecule has 2 heterocycles. The molecule has 8 heteroatoms. The molecule has 0 spiro atoms. The second-order valence-electron chi connectivity index (χ2n) is 9.81. The molecule has 188 valence electrons. The fourth-order valence-electron chi connectivity index (χ4n) is 4.76. The average Bonchev–Trinajstić information content (AvgIpc) is 2.98. The quantitative estimate of drug-likeness (QED) is 0.603. The van der Waals surface area contributed by atoms with Crippen LogP contribution in [0.3, 0.4) is 0 Å². The zero-order valence-electron chi connectivity index (χ0n) is 20.7. The van der Waals surface area contributed by atoms with E-state index in [4.69, 9.17) is 16.3 Å². The lowest BCUT2D eigenvalue weighted by Crippen LogP contribution is -2.45. The van der Waals surface area contributed by atoms with Crippen LogP contribution in [0.1, 0.15) is 42.6 Å². The van der Waals surface area contributed by atoms with Gasteiger partial charge in [0.15, 0.2) is 5.75 Å². The second-order valence-corrected chi connectivity index (χ2v) is 10.2. The van der Waals surface area contributed by atoms with Crippen LogP contribution >= 0.6 is 11.6 Å². The number of hydrogen-bond acceptors (Lipinski definition) is 5. The summed E-state index contributed by atoms with van der Waals surface area (Å²) in [6, 6.07) is 13.2. The Kier molecular flexibility index (Phi) is 8.31. The lowest BCUT2D eigenvalue weighted by atomic mass is 9.97. The number of carbonyl (C=O) groups is 2. The van der Waals surface area contributed by atoms with E-state index in [2.05, 4.69) is 15.5 Å². The number of amides is 2. The van der Waals surface area contributed by atoms with Crippen molar-refractivity contribution in [2.45, 2.75) is 45.4 Å². The van der Waals surface area contributed by atoms with Gasteiger partial charge in [0.05, 0.1) is 17.8 Å². The van der Waals surface area contributed by atoms with Gasteiger partial charge in [-0.1, -0.05) is 29.8 Å². The van der Waals surface area contributed by atoms with Crippen LogP contribution in [0.5, 0.6) is 5.75 Å². The summed E-state index contributed by atoms with van der Waals surface area (Å²) in [6.45, 7) is 7.53. The topological polar surface area (TPSA) is 73.9 Å². The van der Waals surface area contributed by atoms with Gasteiger partial charge in [-0.15, -0.1) is 0 Å². The monoisotopic (exact) mass is 498 g/mol. The maximum absolute atomic E-state index is 13.5. The SMILES string of the molecule is CC(C)N1CC(CN(C)Cc2ccc(Cl)cc2)Oc2c(NC(=O)C3CCNCC3)cccc2C1=O. The van der Waals surface area contributed by atoms with Gasteiger partial charge in [-0.05, 0) is 76.7 Å². The molecule has 0 saturated carbocycles. The van der Waals surface area contributed by atoms with Gasteiger partial charge >= 0.3 is 0 Å². The molecule has 7 nitrogen and oxygen atoms in total. The van der Waals surface area contributed by atoms with Crippen LogP contribution in [0, 0.1) is 5.92 Å². The predicted octanol–water partition coefficient (Wildman–Crippen LogP) is 4.02. The molecule has 2 aliphatic heterocycles. The highest BCUT2D eigenvalue weighted by atomic mass is 35.5. The Morgan fingerprint density at radius 1 is 1.20 bits per heavy atom. The Hall–Kier alpha value is -2.61. The van der Waals surface area contributed by atoms with Gasteiger partial charge in [0.2, 0.25) is 5.91 Å². The average molecular weight is 499 g/mol. The number of para-hydroxylation sites is 1. The molecule has 1 atom stereocenters. The zero-order chi connectivity index (χ0) is 24.9. The number of likely N-dealkylation sites (N-methyl/N-ethyl adjacent to an activating group) is 1. The summed E-state index contributed by atoms with van der Waals surface area (Å²) < 4.78 is 6.50. The summed E-state index contributed by atoms with van der Waals surface area (Å²) in [4.78, 5) is 30.5. The minimum Gasteiger partial charge on any atom is -0.484 e. The Bertz CT molecular complexity index is 1040. The molecule has 1 unspecified atom stereocenters. The van der Waals surface area contributed by atoms with Gasteiger partial charge < -0.3 is 20.3 Å². The molecular weight excluding hydrogens is 464 g/mol. The fraction of sp³-hybridized carbons (Fsp3) is 0.481. The molecule has 0 radical (unpaired) electrons. The number of benzene rings is 2. The Morgan fingerprint density at radius 3 is 2.60 bits per heavy atom. The van der Waals surface area contributed by atoms with Crippen molar-refractivity contribution in [2.75, 3.05) is 38.5 Å². The van der Waals surface area contributed by atoms with Crippen LogP contribution < -0.4 is 15.4 Å². The third-order valence-electron chi connectivity index (χ3n) is 6.66. The van der Waals surface area contributed by atoms with Crippen molar-refractivity contribution in [1.29, 1.82) is 0 Å². The van der Waals surface area contributed by atoms with Crippen molar-refractivity contribution in [1.82, 2.24) is 15.1 Å². The van der Waals surface area contributed by atoms with E-state index in [1.54, 1.807) is 6.07 Å². The highest BCUT2D eigenvalue weighted by molar-refractivity contribution is 6.30. The molecular formula is C27H35ClN4O3. The maximum Gasteiger partial charge on any atom is 0.258 e. The maximum atomic E-state index is 13.5. The number of carbonyl (C=O) groups excluding carboxylic acids is 2. The van der Waals surface area contributed by atoms with Crippen molar-refractivity contribution in [3.63, 3.8) is 0 Å².